The molecule has 1 rings (SSSR count). The van der Waals surface area contributed by atoms with E-state index in [4.69, 9.17) is 0 Å². The Morgan fingerprint density at radius 3 is 2.62 bits per heavy atom. The number of nitrogens with zero attached hydrogens (tertiary/aromatic N) is 1. The van der Waals surface area contributed by atoms with Crippen LogP contribution in [-0.4, -0.2) is 35.1 Å². The van der Waals surface area contributed by atoms with Crippen molar-refractivity contribution in [2.45, 2.75) is 52.6 Å². The average molecular weight is 227 g/mol. The first-order valence-corrected chi connectivity index (χ1v) is 6.46. The zero-order chi connectivity index (χ0) is 12.1. The van der Waals surface area contributed by atoms with Crippen molar-refractivity contribution in [2.75, 3.05) is 13.1 Å². The van der Waals surface area contributed by atoms with E-state index in [1.165, 1.54) is 0 Å². The van der Waals surface area contributed by atoms with Crippen LogP contribution in [0.25, 0.3) is 0 Å². The molecule has 1 amide bonds. The summed E-state index contributed by atoms with van der Waals surface area (Å²) in [5.41, 5.74) is 0. The van der Waals surface area contributed by atoms with Crippen LogP contribution < -0.4 is 0 Å². The van der Waals surface area contributed by atoms with E-state index < -0.39 is 0 Å². The van der Waals surface area contributed by atoms with Gasteiger partial charge in [-0.05, 0) is 38.0 Å². The number of carbonyl (C=O) groups excluding carboxylic acids is 1. The van der Waals surface area contributed by atoms with Crippen molar-refractivity contribution in [1.82, 2.24) is 4.90 Å². The third kappa shape index (κ3) is 4.12. The van der Waals surface area contributed by atoms with Crippen LogP contribution in [0.3, 0.4) is 0 Å². The lowest BCUT2D eigenvalue weighted by Crippen LogP contribution is -2.32. The smallest absolute Gasteiger partial charge is 0.222 e. The molecule has 0 aromatic rings. The largest absolute Gasteiger partial charge is 0.393 e. The zero-order valence-electron chi connectivity index (χ0n) is 10.8. The van der Waals surface area contributed by atoms with Gasteiger partial charge in [-0.25, -0.2) is 0 Å². The molecule has 0 radical (unpaired) electrons. The molecule has 1 N–H and O–H groups in total. The highest BCUT2D eigenvalue weighted by molar-refractivity contribution is 5.76. The first-order chi connectivity index (χ1) is 7.50. The van der Waals surface area contributed by atoms with Gasteiger partial charge in [0.2, 0.25) is 5.91 Å². The molecule has 0 aromatic heterocycles. The highest BCUT2D eigenvalue weighted by Gasteiger charge is 2.23. The van der Waals surface area contributed by atoms with Gasteiger partial charge in [0.15, 0.2) is 0 Å². The van der Waals surface area contributed by atoms with Crippen LogP contribution in [0, 0.1) is 11.8 Å². The maximum absolute atomic E-state index is 11.8. The molecule has 0 saturated carbocycles. The summed E-state index contributed by atoms with van der Waals surface area (Å²) in [5, 5.41) is 9.24. The molecule has 0 bridgehead atoms. The van der Waals surface area contributed by atoms with Gasteiger partial charge < -0.3 is 10.0 Å². The molecular weight excluding hydrogens is 202 g/mol. The second-order valence-electron chi connectivity index (χ2n) is 5.35. The maximum Gasteiger partial charge on any atom is 0.222 e. The Hall–Kier alpha value is -0.570. The van der Waals surface area contributed by atoms with E-state index in [0.29, 0.717) is 31.2 Å². The maximum atomic E-state index is 11.8. The van der Waals surface area contributed by atoms with Crippen molar-refractivity contribution in [1.29, 1.82) is 0 Å². The van der Waals surface area contributed by atoms with Crippen LogP contribution in [0.4, 0.5) is 0 Å². The topological polar surface area (TPSA) is 40.5 Å². The minimum absolute atomic E-state index is 0.267. The van der Waals surface area contributed by atoms with Crippen molar-refractivity contribution in [3.63, 3.8) is 0 Å². The van der Waals surface area contributed by atoms with Crippen LogP contribution >= 0.6 is 0 Å². The molecule has 1 heterocycles. The molecule has 16 heavy (non-hydrogen) atoms. The summed E-state index contributed by atoms with van der Waals surface area (Å²) in [6.07, 6.45) is 3.21. The summed E-state index contributed by atoms with van der Waals surface area (Å²) >= 11 is 0. The van der Waals surface area contributed by atoms with Crippen LogP contribution in [0.2, 0.25) is 0 Å². The normalized spacial score (nSPS) is 24.7. The number of hydrogen-bond acceptors (Lipinski definition) is 2. The Morgan fingerprint density at radius 1 is 1.38 bits per heavy atom. The number of rotatable bonds is 4. The lowest BCUT2D eigenvalue weighted by atomic mass is 9.89. The molecule has 2 unspecified atom stereocenters. The number of aliphatic hydroxyl groups is 1. The van der Waals surface area contributed by atoms with Crippen molar-refractivity contribution < 1.29 is 9.90 Å². The average Bonchev–Trinajstić information content (AvgIpc) is 2.37. The third-order valence-corrected chi connectivity index (χ3v) is 3.61. The number of hydrogen-bond donors (Lipinski definition) is 1. The van der Waals surface area contributed by atoms with E-state index in [1.54, 1.807) is 6.92 Å². The summed E-state index contributed by atoms with van der Waals surface area (Å²) < 4.78 is 0. The van der Waals surface area contributed by atoms with Crippen molar-refractivity contribution in [3.05, 3.63) is 0 Å². The second kappa shape index (κ2) is 6.24. The first-order valence-electron chi connectivity index (χ1n) is 6.46. The predicted octanol–water partition coefficient (Wildman–Crippen LogP) is 2.04. The van der Waals surface area contributed by atoms with Crippen molar-refractivity contribution >= 4 is 5.91 Å². The molecule has 3 heteroatoms. The predicted molar refractivity (Wildman–Crippen MR) is 65.1 cm³/mol. The molecule has 0 aromatic carbocycles. The van der Waals surface area contributed by atoms with Gasteiger partial charge in [0.1, 0.15) is 0 Å². The lowest BCUT2D eigenvalue weighted by molar-refractivity contribution is -0.130. The fourth-order valence-corrected chi connectivity index (χ4v) is 2.30. The fourth-order valence-electron chi connectivity index (χ4n) is 2.30. The van der Waals surface area contributed by atoms with Gasteiger partial charge >= 0.3 is 0 Å². The Balaban J connectivity index is 2.44. The molecular formula is C13H25NO2. The van der Waals surface area contributed by atoms with Crippen LogP contribution in [-0.2, 0) is 4.79 Å². The highest BCUT2D eigenvalue weighted by Crippen LogP contribution is 2.25. The molecule has 1 saturated heterocycles. The van der Waals surface area contributed by atoms with Gasteiger partial charge in [-0.2, -0.15) is 0 Å². The SMILES string of the molecule is CC(O)CCN1CCC(C(C)C)CCC1=O. The number of aliphatic hydroxyl groups excluding tert-OH is 1. The Labute approximate surface area is 98.8 Å². The second-order valence-corrected chi connectivity index (χ2v) is 5.35. The van der Waals surface area contributed by atoms with Crippen LogP contribution in [0.5, 0.6) is 0 Å². The summed E-state index contributed by atoms with van der Waals surface area (Å²) in [6.45, 7) is 7.83. The molecule has 1 aliphatic rings. The Morgan fingerprint density at radius 2 is 2.06 bits per heavy atom. The minimum atomic E-state index is -0.308. The van der Waals surface area contributed by atoms with Gasteiger partial charge in [0.25, 0.3) is 0 Å². The van der Waals surface area contributed by atoms with Gasteiger partial charge in [0.05, 0.1) is 6.10 Å². The number of carbonyl (C=O) groups is 1. The van der Waals surface area contributed by atoms with Gasteiger partial charge in [0, 0.05) is 19.5 Å². The Kier molecular flexibility index (Phi) is 5.26. The van der Waals surface area contributed by atoms with Gasteiger partial charge in [-0.1, -0.05) is 13.8 Å². The number of amides is 1. The molecule has 0 spiro atoms. The highest BCUT2D eigenvalue weighted by atomic mass is 16.3. The van der Waals surface area contributed by atoms with Crippen LogP contribution in [0.1, 0.15) is 46.5 Å². The standard InChI is InChI=1S/C13H25NO2/c1-10(2)12-4-5-13(16)14(9-7-12)8-6-11(3)15/h10-12,15H,4-9H2,1-3H3. The molecule has 1 fully saturated rings. The summed E-state index contributed by atoms with van der Waals surface area (Å²) in [4.78, 5) is 13.8. The quantitative estimate of drug-likeness (QED) is 0.798. The molecule has 94 valence electrons. The lowest BCUT2D eigenvalue weighted by Gasteiger charge is -2.22. The zero-order valence-corrected chi connectivity index (χ0v) is 10.8. The van der Waals surface area contributed by atoms with E-state index in [-0.39, 0.29) is 12.0 Å². The molecule has 3 nitrogen and oxygen atoms in total. The molecule has 1 aliphatic heterocycles. The van der Waals surface area contributed by atoms with E-state index >= 15 is 0 Å². The first kappa shape index (κ1) is 13.5. The third-order valence-electron chi connectivity index (χ3n) is 3.61. The number of likely N-dealkylation sites (tertiary alicyclic amines) is 1. The fraction of sp³-hybridized carbons (Fsp3) is 0.923. The summed E-state index contributed by atoms with van der Waals surface area (Å²) in [6, 6.07) is 0. The van der Waals surface area contributed by atoms with E-state index in [2.05, 4.69) is 13.8 Å². The molecule has 2 atom stereocenters. The van der Waals surface area contributed by atoms with Gasteiger partial charge in [-0.3, -0.25) is 4.79 Å². The van der Waals surface area contributed by atoms with E-state index in [9.17, 15) is 9.90 Å². The minimum Gasteiger partial charge on any atom is -0.393 e. The monoisotopic (exact) mass is 227 g/mol. The van der Waals surface area contributed by atoms with E-state index in [1.807, 2.05) is 4.90 Å². The van der Waals surface area contributed by atoms with Gasteiger partial charge in [-0.15, -0.1) is 0 Å². The van der Waals surface area contributed by atoms with E-state index in [0.717, 1.165) is 19.4 Å². The summed E-state index contributed by atoms with van der Waals surface area (Å²) in [5.74, 6) is 1.62. The van der Waals surface area contributed by atoms with Crippen molar-refractivity contribution in [2.24, 2.45) is 11.8 Å². The Bertz CT molecular complexity index is 226. The summed E-state index contributed by atoms with van der Waals surface area (Å²) in [7, 11) is 0. The van der Waals surface area contributed by atoms with Crippen LogP contribution in [0.15, 0.2) is 0 Å². The van der Waals surface area contributed by atoms with Crippen molar-refractivity contribution in [3.8, 4) is 0 Å². The molecule has 0 aliphatic carbocycles.